The van der Waals surface area contributed by atoms with E-state index in [2.05, 4.69) is 49.1 Å². The summed E-state index contributed by atoms with van der Waals surface area (Å²) in [5.41, 5.74) is 2.48. The number of hydrogen-bond acceptors (Lipinski definition) is 4. The molecule has 2 heterocycles. The van der Waals surface area contributed by atoms with Crippen molar-refractivity contribution in [1.29, 1.82) is 0 Å². The van der Waals surface area contributed by atoms with Crippen LogP contribution in [0.15, 0.2) is 46.1 Å². The van der Waals surface area contributed by atoms with E-state index in [0.29, 0.717) is 19.1 Å². The second-order valence-electron chi connectivity index (χ2n) is 8.70. The molecule has 0 aromatic heterocycles. The van der Waals surface area contributed by atoms with Gasteiger partial charge in [0.2, 0.25) is 0 Å². The number of methoxy groups -OCH3 is 1. The molecule has 2 aliphatic heterocycles. The number of allylic oxidation sites excluding steroid dienone is 2. The smallest absolute Gasteiger partial charge is 0.169 e. The maximum atomic E-state index is 6.56. The highest BCUT2D eigenvalue weighted by molar-refractivity contribution is 14.1. The van der Waals surface area contributed by atoms with E-state index < -0.39 is 5.79 Å². The van der Waals surface area contributed by atoms with E-state index in [4.69, 9.17) is 18.9 Å². The molecule has 1 spiro atoms. The first-order valence-corrected chi connectivity index (χ1v) is 12.0. The lowest BCUT2D eigenvalue weighted by molar-refractivity contribution is -0.275. The summed E-state index contributed by atoms with van der Waals surface area (Å²) in [6, 6.07) is 8.03. The van der Waals surface area contributed by atoms with Gasteiger partial charge < -0.3 is 18.9 Å². The molecule has 2 saturated heterocycles. The monoisotopic (exact) mass is 526 g/mol. The molecule has 166 valence electrons. The molecule has 0 aliphatic carbocycles. The Bertz CT molecular complexity index is 729. The zero-order chi connectivity index (χ0) is 21.6. The molecule has 1 aromatic carbocycles. The highest BCUT2D eigenvalue weighted by Gasteiger charge is 2.45. The Morgan fingerprint density at radius 3 is 2.73 bits per heavy atom. The third-order valence-corrected chi connectivity index (χ3v) is 6.35. The van der Waals surface area contributed by atoms with Gasteiger partial charge >= 0.3 is 0 Å². The van der Waals surface area contributed by atoms with Crippen LogP contribution in [0.3, 0.4) is 0 Å². The summed E-state index contributed by atoms with van der Waals surface area (Å²) >= 11 is 2.29. The fourth-order valence-electron chi connectivity index (χ4n) is 4.38. The van der Waals surface area contributed by atoms with Crippen LogP contribution < -0.4 is 4.74 Å². The number of benzene rings is 1. The molecule has 1 unspecified atom stereocenters. The van der Waals surface area contributed by atoms with Crippen LogP contribution in [0.5, 0.6) is 5.75 Å². The van der Waals surface area contributed by atoms with Crippen molar-refractivity contribution in [2.75, 3.05) is 13.7 Å². The lowest BCUT2D eigenvalue weighted by Crippen LogP contribution is -2.43. The molecule has 30 heavy (non-hydrogen) atoms. The van der Waals surface area contributed by atoms with E-state index in [1.54, 1.807) is 7.11 Å². The van der Waals surface area contributed by atoms with E-state index in [-0.39, 0.29) is 12.2 Å². The van der Waals surface area contributed by atoms with Crippen LogP contribution in [0.2, 0.25) is 0 Å². The Hall–Kier alpha value is -0.890. The normalized spacial score (nSPS) is 27.9. The molecule has 5 heteroatoms. The van der Waals surface area contributed by atoms with Gasteiger partial charge in [-0.3, -0.25) is 0 Å². The standard InChI is InChI=1S/C25H35IO4/c1-18(14-20(3)26)15-23-11-13-25(29-23)12-5-6-24(30-25)19(2)16-28-17-21-7-9-22(27-4)10-8-21/h7-10,15,19,23-24H,3,5-6,11-14,16-17H2,1-2,4H3/b18-15+/t19-,23-,24?,25+/m0/s1. The minimum absolute atomic E-state index is 0.154. The third-order valence-electron chi connectivity index (χ3n) is 5.97. The van der Waals surface area contributed by atoms with E-state index in [9.17, 15) is 0 Å². The van der Waals surface area contributed by atoms with Crippen LogP contribution in [-0.2, 0) is 20.8 Å². The quantitative estimate of drug-likeness (QED) is 0.269. The van der Waals surface area contributed by atoms with Gasteiger partial charge in [0.25, 0.3) is 0 Å². The fraction of sp³-hybridized carbons (Fsp3) is 0.600. The molecule has 2 aliphatic rings. The number of ether oxygens (including phenoxy) is 4. The van der Waals surface area contributed by atoms with Gasteiger partial charge in [0.15, 0.2) is 5.79 Å². The van der Waals surface area contributed by atoms with Gasteiger partial charge in [0.1, 0.15) is 5.75 Å². The second kappa shape index (κ2) is 11.1. The first kappa shape index (κ1) is 23.8. The van der Waals surface area contributed by atoms with Crippen molar-refractivity contribution in [2.45, 2.75) is 77.0 Å². The van der Waals surface area contributed by atoms with Crippen LogP contribution in [0, 0.1) is 5.92 Å². The van der Waals surface area contributed by atoms with Gasteiger partial charge in [-0.05, 0) is 76.5 Å². The molecule has 0 bridgehead atoms. The summed E-state index contributed by atoms with van der Waals surface area (Å²) in [6.07, 6.45) is 8.74. The SMILES string of the molecule is C=C(I)C/C(C)=C/[C@@H]1CC[C@]2(CCCC([C@@H](C)COCc3ccc(OC)cc3)O2)O1. The minimum Gasteiger partial charge on any atom is -0.497 e. The van der Waals surface area contributed by atoms with Gasteiger partial charge in [0.05, 0.1) is 32.5 Å². The average molecular weight is 526 g/mol. The van der Waals surface area contributed by atoms with E-state index in [1.165, 1.54) is 5.57 Å². The van der Waals surface area contributed by atoms with Crippen LogP contribution >= 0.6 is 22.6 Å². The zero-order valence-electron chi connectivity index (χ0n) is 18.5. The first-order valence-electron chi connectivity index (χ1n) is 11.0. The molecule has 4 atom stereocenters. The summed E-state index contributed by atoms with van der Waals surface area (Å²) < 4.78 is 25.3. The van der Waals surface area contributed by atoms with E-state index in [0.717, 1.165) is 53.4 Å². The number of hydrogen-bond donors (Lipinski definition) is 0. The molecule has 1 aromatic rings. The Morgan fingerprint density at radius 2 is 2.03 bits per heavy atom. The van der Waals surface area contributed by atoms with Crippen LogP contribution in [-0.4, -0.2) is 31.7 Å². The summed E-state index contributed by atoms with van der Waals surface area (Å²) in [5.74, 6) is 0.797. The van der Waals surface area contributed by atoms with Crippen molar-refractivity contribution in [3.8, 4) is 5.75 Å². The van der Waals surface area contributed by atoms with Gasteiger partial charge in [-0.2, -0.15) is 0 Å². The molecule has 0 amide bonds. The van der Waals surface area contributed by atoms with Crippen molar-refractivity contribution < 1.29 is 18.9 Å². The van der Waals surface area contributed by atoms with Crippen LogP contribution in [0.4, 0.5) is 0 Å². The second-order valence-corrected chi connectivity index (χ2v) is 10.2. The van der Waals surface area contributed by atoms with Crippen molar-refractivity contribution >= 4 is 22.6 Å². The van der Waals surface area contributed by atoms with Crippen molar-refractivity contribution in [3.63, 3.8) is 0 Å². The third kappa shape index (κ3) is 6.81. The van der Waals surface area contributed by atoms with E-state index >= 15 is 0 Å². The van der Waals surface area contributed by atoms with Gasteiger partial charge in [-0.15, -0.1) is 0 Å². The number of halogens is 1. The maximum absolute atomic E-state index is 6.56. The topological polar surface area (TPSA) is 36.9 Å². The zero-order valence-corrected chi connectivity index (χ0v) is 20.7. The van der Waals surface area contributed by atoms with Gasteiger partial charge in [-0.25, -0.2) is 0 Å². The lowest BCUT2D eigenvalue weighted by Gasteiger charge is -2.40. The van der Waals surface area contributed by atoms with Crippen molar-refractivity contribution in [1.82, 2.24) is 0 Å². The van der Waals surface area contributed by atoms with Gasteiger partial charge in [0, 0.05) is 18.8 Å². The molecule has 3 rings (SSSR count). The Kier molecular flexibility index (Phi) is 8.81. The molecule has 2 fully saturated rings. The minimum atomic E-state index is -0.407. The Balaban J connectivity index is 1.47. The van der Waals surface area contributed by atoms with E-state index in [1.807, 2.05) is 24.3 Å². The van der Waals surface area contributed by atoms with Crippen LogP contribution in [0.1, 0.15) is 57.9 Å². The summed E-state index contributed by atoms with van der Waals surface area (Å²) in [5, 5.41) is 0. The largest absolute Gasteiger partial charge is 0.497 e. The summed E-state index contributed by atoms with van der Waals surface area (Å²) in [4.78, 5) is 0. The molecule has 4 nitrogen and oxygen atoms in total. The Morgan fingerprint density at radius 1 is 1.27 bits per heavy atom. The maximum Gasteiger partial charge on any atom is 0.169 e. The number of rotatable bonds is 9. The first-order chi connectivity index (χ1) is 14.4. The predicted molar refractivity (Wildman–Crippen MR) is 129 cm³/mol. The van der Waals surface area contributed by atoms with Crippen molar-refractivity contribution in [2.24, 2.45) is 5.92 Å². The van der Waals surface area contributed by atoms with Crippen molar-refractivity contribution in [3.05, 3.63) is 51.6 Å². The molecule has 0 N–H and O–H groups in total. The highest BCUT2D eigenvalue weighted by Crippen LogP contribution is 2.42. The summed E-state index contributed by atoms with van der Waals surface area (Å²) in [6.45, 7) is 9.67. The molecule has 0 saturated carbocycles. The highest BCUT2D eigenvalue weighted by atomic mass is 127. The molecular formula is C25H35IO4. The van der Waals surface area contributed by atoms with Gasteiger partial charge in [-0.1, -0.05) is 37.3 Å². The summed E-state index contributed by atoms with van der Waals surface area (Å²) in [7, 11) is 1.68. The fourth-order valence-corrected chi connectivity index (χ4v) is 4.98. The van der Waals surface area contributed by atoms with Crippen LogP contribution in [0.25, 0.3) is 0 Å². The average Bonchev–Trinajstić information content (AvgIpc) is 3.09. The molecular weight excluding hydrogens is 491 g/mol. The Labute approximate surface area is 195 Å². The lowest BCUT2D eigenvalue weighted by atomic mass is 9.92. The molecule has 0 radical (unpaired) electrons. The predicted octanol–water partition coefficient (Wildman–Crippen LogP) is 6.58.